The number of methoxy groups -OCH3 is 2. The van der Waals surface area contributed by atoms with Crippen LogP contribution in [0.2, 0.25) is 0 Å². The minimum atomic E-state index is -0.751. The number of aryl methyl sites for hydroxylation is 1. The fourth-order valence-electron chi connectivity index (χ4n) is 4.08. The van der Waals surface area contributed by atoms with E-state index in [2.05, 4.69) is 11.1 Å². The number of nitrogens with one attached hydrogen (secondary N) is 1. The highest BCUT2D eigenvalue weighted by Gasteiger charge is 2.31. The number of aromatic amines is 1. The van der Waals surface area contributed by atoms with Gasteiger partial charge in [-0.3, -0.25) is 4.79 Å². The second kappa shape index (κ2) is 9.31. The summed E-state index contributed by atoms with van der Waals surface area (Å²) in [7, 11) is 3.14. The van der Waals surface area contributed by atoms with Gasteiger partial charge in [0, 0.05) is 42.6 Å². The number of aromatic nitrogens is 1. The molecule has 164 valence electrons. The first-order chi connectivity index (χ1) is 15.1. The first-order valence-corrected chi connectivity index (χ1v) is 10.5. The molecule has 0 spiro atoms. The number of para-hydroxylation sites is 1. The largest absolute Gasteiger partial charge is 0.493 e. The van der Waals surface area contributed by atoms with Crippen LogP contribution in [0.25, 0.3) is 10.9 Å². The lowest BCUT2D eigenvalue weighted by molar-refractivity contribution is -0.136. The van der Waals surface area contributed by atoms with Crippen molar-refractivity contribution in [1.82, 2.24) is 9.88 Å². The van der Waals surface area contributed by atoms with Gasteiger partial charge in [-0.2, -0.15) is 0 Å². The molecule has 1 saturated heterocycles. The second-order valence-electron chi connectivity index (χ2n) is 7.73. The van der Waals surface area contributed by atoms with Crippen LogP contribution in [0.4, 0.5) is 0 Å². The van der Waals surface area contributed by atoms with E-state index < -0.39 is 6.10 Å². The van der Waals surface area contributed by atoms with Gasteiger partial charge in [0.15, 0.2) is 11.5 Å². The highest BCUT2D eigenvalue weighted by Crippen LogP contribution is 2.32. The standard InChI is InChI=1S/C24H28N2O5/c1-29-22-9-8-17(13-23(22)30-2)31-21-11-12-26(15-20(21)27)24(28)10-7-16-14-25-19-6-4-3-5-18(16)19/h3-6,8-9,13-14,20-21,25,27H,7,10-12,15H2,1-2H3/t20-,21-/m1/s1. The van der Waals surface area contributed by atoms with Crippen molar-refractivity contribution >= 4 is 16.8 Å². The Morgan fingerprint density at radius 3 is 2.74 bits per heavy atom. The predicted molar refractivity (Wildman–Crippen MR) is 118 cm³/mol. The van der Waals surface area contributed by atoms with Crippen molar-refractivity contribution in [2.24, 2.45) is 0 Å². The van der Waals surface area contributed by atoms with Crippen molar-refractivity contribution in [3.63, 3.8) is 0 Å². The molecular weight excluding hydrogens is 396 g/mol. The Kier molecular flexibility index (Phi) is 6.32. The maximum absolute atomic E-state index is 12.7. The van der Waals surface area contributed by atoms with Crippen molar-refractivity contribution in [1.29, 1.82) is 0 Å². The highest BCUT2D eigenvalue weighted by molar-refractivity contribution is 5.84. The Hall–Kier alpha value is -3.19. The number of likely N-dealkylation sites (tertiary alicyclic amines) is 1. The number of amides is 1. The number of hydrogen-bond donors (Lipinski definition) is 2. The molecule has 7 nitrogen and oxygen atoms in total. The van der Waals surface area contributed by atoms with Crippen LogP contribution in [0.3, 0.4) is 0 Å². The van der Waals surface area contributed by atoms with Gasteiger partial charge in [-0.15, -0.1) is 0 Å². The van der Waals surface area contributed by atoms with Crippen LogP contribution in [0.5, 0.6) is 17.2 Å². The Morgan fingerprint density at radius 2 is 1.97 bits per heavy atom. The van der Waals surface area contributed by atoms with Gasteiger partial charge in [0.1, 0.15) is 18.0 Å². The molecule has 1 aliphatic rings. The monoisotopic (exact) mass is 424 g/mol. The van der Waals surface area contributed by atoms with Gasteiger partial charge in [0.2, 0.25) is 5.91 Å². The fourth-order valence-corrected chi connectivity index (χ4v) is 4.08. The van der Waals surface area contributed by atoms with E-state index in [0.717, 1.165) is 16.5 Å². The summed E-state index contributed by atoms with van der Waals surface area (Å²) in [5, 5.41) is 11.7. The number of fused-ring (bicyclic) bond motifs is 1. The maximum Gasteiger partial charge on any atom is 0.222 e. The maximum atomic E-state index is 12.7. The van der Waals surface area contributed by atoms with Gasteiger partial charge < -0.3 is 29.2 Å². The number of piperidine rings is 1. The molecule has 0 bridgehead atoms. The Balaban J connectivity index is 1.32. The number of aliphatic hydroxyl groups excluding tert-OH is 1. The van der Waals surface area contributed by atoms with Crippen LogP contribution >= 0.6 is 0 Å². The quantitative estimate of drug-likeness (QED) is 0.609. The number of ether oxygens (including phenoxy) is 3. The molecule has 1 amide bonds. The zero-order valence-corrected chi connectivity index (χ0v) is 17.8. The molecule has 1 aromatic heterocycles. The highest BCUT2D eigenvalue weighted by atomic mass is 16.5. The summed E-state index contributed by atoms with van der Waals surface area (Å²) < 4.78 is 16.5. The average Bonchev–Trinajstić information content (AvgIpc) is 3.21. The Bertz CT molecular complexity index is 1050. The normalized spacial score (nSPS) is 18.7. The second-order valence-corrected chi connectivity index (χ2v) is 7.73. The van der Waals surface area contributed by atoms with Crippen molar-refractivity contribution < 1.29 is 24.1 Å². The van der Waals surface area contributed by atoms with Gasteiger partial charge in [-0.25, -0.2) is 0 Å². The molecule has 0 radical (unpaired) electrons. The van der Waals surface area contributed by atoms with Crippen LogP contribution in [0.1, 0.15) is 18.4 Å². The van der Waals surface area contributed by atoms with Gasteiger partial charge in [0.25, 0.3) is 0 Å². The molecule has 31 heavy (non-hydrogen) atoms. The van der Waals surface area contributed by atoms with Gasteiger partial charge in [-0.1, -0.05) is 18.2 Å². The Morgan fingerprint density at radius 1 is 1.16 bits per heavy atom. The zero-order valence-electron chi connectivity index (χ0n) is 17.8. The van der Waals surface area contributed by atoms with Crippen LogP contribution in [-0.2, 0) is 11.2 Å². The van der Waals surface area contributed by atoms with E-state index in [1.54, 1.807) is 37.3 Å². The molecule has 0 unspecified atom stereocenters. The van der Waals surface area contributed by atoms with E-state index in [0.29, 0.717) is 43.1 Å². The van der Waals surface area contributed by atoms with Crippen molar-refractivity contribution in [3.05, 3.63) is 54.2 Å². The molecule has 2 N–H and O–H groups in total. The van der Waals surface area contributed by atoms with E-state index in [1.165, 1.54) is 0 Å². The summed E-state index contributed by atoms with van der Waals surface area (Å²) >= 11 is 0. The van der Waals surface area contributed by atoms with E-state index in [4.69, 9.17) is 14.2 Å². The molecule has 2 aromatic carbocycles. The number of rotatable bonds is 7. The molecule has 1 fully saturated rings. The summed E-state index contributed by atoms with van der Waals surface area (Å²) in [6, 6.07) is 13.4. The third kappa shape index (κ3) is 4.61. The van der Waals surface area contributed by atoms with Crippen molar-refractivity contribution in [3.8, 4) is 17.2 Å². The summed E-state index contributed by atoms with van der Waals surface area (Å²) in [4.78, 5) is 17.7. The molecule has 2 heterocycles. The molecule has 1 aliphatic heterocycles. The van der Waals surface area contributed by atoms with Crippen LogP contribution in [0.15, 0.2) is 48.7 Å². The number of benzene rings is 2. The minimum absolute atomic E-state index is 0.0499. The summed E-state index contributed by atoms with van der Waals surface area (Å²) in [5.41, 5.74) is 2.21. The Labute approximate surface area is 181 Å². The molecule has 4 rings (SSSR count). The number of hydrogen-bond acceptors (Lipinski definition) is 5. The minimum Gasteiger partial charge on any atom is -0.493 e. The van der Waals surface area contributed by atoms with E-state index in [-0.39, 0.29) is 18.6 Å². The number of aliphatic hydroxyl groups is 1. The van der Waals surface area contributed by atoms with E-state index in [9.17, 15) is 9.90 Å². The van der Waals surface area contributed by atoms with Gasteiger partial charge >= 0.3 is 0 Å². The summed E-state index contributed by atoms with van der Waals surface area (Å²) in [5.74, 6) is 1.83. The number of carbonyl (C=O) groups excluding carboxylic acids is 1. The molecule has 0 aliphatic carbocycles. The van der Waals surface area contributed by atoms with Crippen LogP contribution < -0.4 is 14.2 Å². The molecular formula is C24H28N2O5. The third-order valence-corrected chi connectivity index (χ3v) is 5.80. The molecule has 7 heteroatoms. The first-order valence-electron chi connectivity index (χ1n) is 10.5. The number of H-pyrrole nitrogens is 1. The smallest absolute Gasteiger partial charge is 0.222 e. The summed E-state index contributed by atoms with van der Waals surface area (Å²) in [6.07, 6.45) is 2.48. The van der Waals surface area contributed by atoms with E-state index in [1.807, 2.05) is 24.4 Å². The molecule has 3 aromatic rings. The number of carbonyl (C=O) groups is 1. The number of β-amino-alcohol motifs (C(OH)–C–C–N with tert-alkyl or cyclic N) is 1. The third-order valence-electron chi connectivity index (χ3n) is 5.80. The summed E-state index contributed by atoms with van der Waals surface area (Å²) in [6.45, 7) is 0.826. The van der Waals surface area contributed by atoms with Crippen LogP contribution in [0, 0.1) is 0 Å². The zero-order chi connectivity index (χ0) is 21.8. The van der Waals surface area contributed by atoms with Crippen LogP contribution in [-0.4, -0.2) is 60.4 Å². The van der Waals surface area contributed by atoms with Gasteiger partial charge in [-0.05, 0) is 30.2 Å². The fraction of sp³-hybridized carbons (Fsp3) is 0.375. The lowest BCUT2D eigenvalue weighted by atomic mass is 10.0. The molecule has 2 atom stereocenters. The predicted octanol–water partition coefficient (Wildman–Crippen LogP) is 3.16. The topological polar surface area (TPSA) is 84.0 Å². The average molecular weight is 424 g/mol. The molecule has 0 saturated carbocycles. The van der Waals surface area contributed by atoms with Crippen molar-refractivity contribution in [2.75, 3.05) is 27.3 Å². The van der Waals surface area contributed by atoms with Gasteiger partial charge in [0.05, 0.1) is 20.8 Å². The lowest BCUT2D eigenvalue weighted by Gasteiger charge is -2.36. The van der Waals surface area contributed by atoms with Crippen molar-refractivity contribution in [2.45, 2.75) is 31.5 Å². The first kappa shape index (κ1) is 21.1. The lowest BCUT2D eigenvalue weighted by Crippen LogP contribution is -2.51. The van der Waals surface area contributed by atoms with E-state index >= 15 is 0 Å². The number of nitrogens with zero attached hydrogens (tertiary/aromatic N) is 1. The SMILES string of the molecule is COc1ccc(O[C@@H]2CCN(C(=O)CCc3c[nH]c4ccccc34)C[C@H]2O)cc1OC.